The molecule has 0 aliphatic heterocycles. The molecule has 0 unspecified atom stereocenters. The summed E-state index contributed by atoms with van der Waals surface area (Å²) in [6.07, 6.45) is 0. The van der Waals surface area contributed by atoms with Gasteiger partial charge in [0.15, 0.2) is 0 Å². The molecule has 0 amide bonds. The van der Waals surface area contributed by atoms with E-state index in [2.05, 4.69) is 10.6 Å². The van der Waals surface area contributed by atoms with Crippen LogP contribution in [-0.4, -0.2) is 26.3 Å². The molecule has 0 aliphatic rings. The maximum atomic E-state index is 5.37. The van der Waals surface area contributed by atoms with Gasteiger partial charge in [0.05, 0.1) is 0 Å². The minimum absolute atomic E-state index is 0.405. The third kappa shape index (κ3) is 3.72. The Balaban J connectivity index is 3.25. The van der Waals surface area contributed by atoms with E-state index in [1.165, 1.54) is 0 Å². The van der Waals surface area contributed by atoms with Crippen molar-refractivity contribution in [2.45, 2.75) is 19.9 Å². The molecule has 1 radical (unpaired) electrons. The Morgan fingerprint density at radius 1 is 1.50 bits per heavy atom. The average Bonchev–Trinajstić information content (AvgIpc) is 1.65. The quantitative estimate of drug-likeness (QED) is 0.478. The number of nitrogens with one attached hydrogen (secondary N) is 2. The second kappa shape index (κ2) is 3.53. The molecule has 0 rings (SSSR count). The predicted molar refractivity (Wildman–Crippen MR) is 38.1 cm³/mol. The van der Waals surface area contributed by atoms with Gasteiger partial charge in [-0.1, -0.05) is 0 Å². The molecular weight excluding hydrogens is 98.9 g/mol. The van der Waals surface area contributed by atoms with Gasteiger partial charge in [-0.25, -0.2) is 0 Å². The van der Waals surface area contributed by atoms with Crippen LogP contribution < -0.4 is 10.6 Å². The van der Waals surface area contributed by atoms with Crippen molar-refractivity contribution >= 4 is 13.2 Å². The van der Waals surface area contributed by atoms with Gasteiger partial charge in [0.2, 0.25) is 0 Å². The molecule has 0 aromatic carbocycles. The van der Waals surface area contributed by atoms with Crippen molar-refractivity contribution < 1.29 is 0 Å². The SMILES string of the molecule is [B]=C(NC)NC(C)C. The van der Waals surface area contributed by atoms with Crippen molar-refractivity contribution in [3.05, 3.63) is 0 Å². The van der Waals surface area contributed by atoms with Crippen molar-refractivity contribution in [2.75, 3.05) is 7.05 Å². The van der Waals surface area contributed by atoms with Crippen LogP contribution in [0.25, 0.3) is 0 Å². The summed E-state index contributed by atoms with van der Waals surface area (Å²) in [6.45, 7) is 4.06. The van der Waals surface area contributed by atoms with Gasteiger partial charge in [-0.05, 0) is 0 Å². The molecule has 0 bridgehead atoms. The first kappa shape index (κ1) is 7.53. The second-order valence-corrected chi connectivity index (χ2v) is 1.96. The summed E-state index contributed by atoms with van der Waals surface area (Å²) in [5, 5.41) is 5.76. The van der Waals surface area contributed by atoms with E-state index >= 15 is 0 Å². The first-order valence-corrected chi connectivity index (χ1v) is 2.73. The van der Waals surface area contributed by atoms with Crippen LogP contribution in [0.1, 0.15) is 13.8 Å². The number of hydrogen-bond acceptors (Lipinski definition) is 2. The van der Waals surface area contributed by atoms with Crippen molar-refractivity contribution in [1.29, 1.82) is 0 Å². The van der Waals surface area contributed by atoms with Crippen LogP contribution in [0, 0.1) is 0 Å². The summed E-state index contributed by atoms with van der Waals surface area (Å²) in [5.74, 6) is 0. The molecule has 0 saturated carbocycles. The zero-order valence-electron chi connectivity index (χ0n) is 5.65. The molecule has 3 heteroatoms. The molecule has 2 N–H and O–H groups in total. The molecule has 0 heterocycles. The van der Waals surface area contributed by atoms with Gasteiger partial charge < -0.3 is 0 Å². The monoisotopic (exact) mass is 111 g/mol. The molecule has 8 heavy (non-hydrogen) atoms. The van der Waals surface area contributed by atoms with Crippen LogP contribution in [-0.2, 0) is 0 Å². The summed E-state index contributed by atoms with van der Waals surface area (Å²) in [5.41, 5.74) is 0.625. The fraction of sp³-hybridized carbons (Fsp3) is 0.800. The van der Waals surface area contributed by atoms with E-state index in [4.69, 9.17) is 7.49 Å². The van der Waals surface area contributed by atoms with Gasteiger partial charge >= 0.3 is 50.8 Å². The van der Waals surface area contributed by atoms with Crippen LogP contribution in [0.2, 0.25) is 0 Å². The van der Waals surface area contributed by atoms with Gasteiger partial charge in [-0.3, -0.25) is 0 Å². The third-order valence-electron chi connectivity index (χ3n) is 0.714. The van der Waals surface area contributed by atoms with Crippen LogP contribution >= 0.6 is 0 Å². The molecule has 0 fully saturated rings. The van der Waals surface area contributed by atoms with Crippen LogP contribution in [0.4, 0.5) is 0 Å². The second-order valence-electron chi connectivity index (χ2n) is 1.96. The predicted octanol–water partition coefficient (Wildman–Crippen LogP) is -0.540. The standard InChI is InChI=1S/C5H12BN2/c1-4(2)8-5(6)7-3/h4,7-8H,1-3H3. The molecule has 0 atom stereocenters. The van der Waals surface area contributed by atoms with Gasteiger partial charge in [0.25, 0.3) is 0 Å². The van der Waals surface area contributed by atoms with E-state index in [1.54, 1.807) is 7.05 Å². The molecule has 0 aliphatic carbocycles. The van der Waals surface area contributed by atoms with Crippen LogP contribution in [0.3, 0.4) is 0 Å². The van der Waals surface area contributed by atoms with Crippen LogP contribution in [0.5, 0.6) is 0 Å². The molecule has 0 aromatic rings. The Morgan fingerprint density at radius 3 is 2.12 bits per heavy atom. The summed E-state index contributed by atoms with van der Waals surface area (Å²) < 4.78 is 0. The zero-order chi connectivity index (χ0) is 6.57. The number of hydrogen-bond donors (Lipinski definition) is 2. The van der Waals surface area contributed by atoms with Crippen molar-refractivity contribution in [1.82, 2.24) is 10.6 Å². The molecule has 0 spiro atoms. The van der Waals surface area contributed by atoms with E-state index in [1.807, 2.05) is 13.8 Å². The van der Waals surface area contributed by atoms with Gasteiger partial charge in [0.1, 0.15) is 0 Å². The third-order valence-corrected chi connectivity index (χ3v) is 0.714. The maximum absolute atomic E-state index is 5.37. The summed E-state index contributed by atoms with van der Waals surface area (Å²) in [7, 11) is 7.15. The molecular formula is C5H12BN2. The normalized spacial score (nSPS) is 8.88. The van der Waals surface area contributed by atoms with Crippen molar-refractivity contribution in [3.63, 3.8) is 0 Å². The Kier molecular flexibility index (Phi) is 3.32. The zero-order valence-corrected chi connectivity index (χ0v) is 5.65. The van der Waals surface area contributed by atoms with Gasteiger partial charge in [-0.2, -0.15) is 0 Å². The summed E-state index contributed by atoms with van der Waals surface area (Å²) >= 11 is 0. The van der Waals surface area contributed by atoms with Crippen LogP contribution in [0.15, 0.2) is 0 Å². The van der Waals surface area contributed by atoms with Gasteiger partial charge in [-0.15, -0.1) is 0 Å². The van der Waals surface area contributed by atoms with Crippen molar-refractivity contribution in [2.24, 2.45) is 0 Å². The van der Waals surface area contributed by atoms with Crippen molar-refractivity contribution in [3.8, 4) is 0 Å². The number of rotatable bonds is 3. The fourth-order valence-electron chi connectivity index (χ4n) is 0.383. The first-order valence-electron chi connectivity index (χ1n) is 2.73. The van der Waals surface area contributed by atoms with E-state index in [9.17, 15) is 0 Å². The first-order chi connectivity index (χ1) is 3.66. The average molecular weight is 111 g/mol. The Morgan fingerprint density at radius 2 is 2.00 bits per heavy atom. The van der Waals surface area contributed by atoms with Gasteiger partial charge in [0, 0.05) is 0 Å². The Bertz CT molecular complexity index is 80.5. The summed E-state index contributed by atoms with van der Waals surface area (Å²) in [6, 6.07) is 0.405. The minimum atomic E-state index is 0.405. The molecule has 2 nitrogen and oxygen atoms in total. The molecule has 0 saturated heterocycles. The van der Waals surface area contributed by atoms with E-state index in [0.717, 1.165) is 0 Å². The Labute approximate surface area is 51.7 Å². The Hall–Kier alpha value is -0.465. The van der Waals surface area contributed by atoms with E-state index in [0.29, 0.717) is 11.8 Å². The fourth-order valence-corrected chi connectivity index (χ4v) is 0.383. The summed E-state index contributed by atoms with van der Waals surface area (Å²) in [4.78, 5) is 0. The molecule has 45 valence electrons. The van der Waals surface area contributed by atoms with E-state index in [-0.39, 0.29) is 0 Å². The van der Waals surface area contributed by atoms with E-state index < -0.39 is 0 Å². The topological polar surface area (TPSA) is 24.1 Å². The molecule has 0 aromatic heterocycles.